The van der Waals surface area contributed by atoms with E-state index in [1.807, 2.05) is 6.92 Å². The van der Waals surface area contributed by atoms with Crippen molar-refractivity contribution in [2.75, 3.05) is 20.3 Å². The van der Waals surface area contributed by atoms with Crippen LogP contribution in [-0.4, -0.2) is 42.0 Å². The molecule has 4 aromatic rings. The van der Waals surface area contributed by atoms with E-state index in [0.29, 0.717) is 58.9 Å². The highest BCUT2D eigenvalue weighted by atomic mass is 19.1. The number of halogens is 1. The topological polar surface area (TPSA) is 88.7 Å². The third-order valence-corrected chi connectivity index (χ3v) is 6.68. The van der Waals surface area contributed by atoms with Crippen LogP contribution >= 0.6 is 0 Å². The maximum Gasteiger partial charge on any atom is 0.261 e. The lowest BCUT2D eigenvalue weighted by Crippen LogP contribution is -2.31. The molecule has 194 valence electrons. The number of fused-ring (bicyclic) bond motifs is 2. The van der Waals surface area contributed by atoms with Gasteiger partial charge in [0.2, 0.25) is 5.43 Å². The quantitative estimate of drug-likeness (QED) is 0.304. The SMILES string of the molecule is CCCOc1ccc(F)c2c(=O)c(-c3ccc(OC)cc3)c(CCCN3C(=O)c4ccccc4C3=O)[nH]c12. The van der Waals surface area contributed by atoms with Crippen molar-refractivity contribution in [1.29, 1.82) is 0 Å². The summed E-state index contributed by atoms with van der Waals surface area (Å²) in [5.74, 6) is -0.282. The minimum absolute atomic E-state index is 0.0754. The Morgan fingerprint density at radius 1 is 0.921 bits per heavy atom. The number of nitrogens with zero attached hydrogens (tertiary/aromatic N) is 1. The molecule has 0 radical (unpaired) electrons. The van der Waals surface area contributed by atoms with Gasteiger partial charge >= 0.3 is 0 Å². The van der Waals surface area contributed by atoms with Gasteiger partial charge in [0.05, 0.1) is 35.7 Å². The normalized spacial score (nSPS) is 12.8. The predicted molar refractivity (Wildman–Crippen MR) is 142 cm³/mol. The smallest absolute Gasteiger partial charge is 0.261 e. The number of hydrogen-bond acceptors (Lipinski definition) is 5. The molecular formula is C30H27FN2O5. The van der Waals surface area contributed by atoms with Crippen molar-refractivity contribution >= 4 is 22.7 Å². The number of hydrogen-bond donors (Lipinski definition) is 1. The first kappa shape index (κ1) is 25.2. The van der Waals surface area contributed by atoms with Crippen molar-refractivity contribution in [2.24, 2.45) is 0 Å². The third-order valence-electron chi connectivity index (χ3n) is 6.68. The Bertz CT molecular complexity index is 1560. The van der Waals surface area contributed by atoms with Crippen molar-refractivity contribution < 1.29 is 23.5 Å². The number of H-pyrrole nitrogens is 1. The Hall–Kier alpha value is -4.46. The van der Waals surface area contributed by atoms with Gasteiger partial charge in [-0.1, -0.05) is 31.2 Å². The molecule has 5 rings (SSSR count). The molecule has 0 unspecified atom stereocenters. The van der Waals surface area contributed by atoms with Crippen LogP contribution in [-0.2, 0) is 6.42 Å². The number of carbonyl (C=O) groups excluding carboxylic acids is 2. The van der Waals surface area contributed by atoms with Crippen molar-refractivity contribution in [3.63, 3.8) is 0 Å². The number of amides is 2. The molecule has 0 saturated heterocycles. The maximum absolute atomic E-state index is 15.0. The number of rotatable bonds is 9. The van der Waals surface area contributed by atoms with Gasteiger partial charge in [-0.25, -0.2) is 4.39 Å². The molecule has 1 aliphatic heterocycles. The summed E-state index contributed by atoms with van der Waals surface area (Å²) in [6.07, 6.45) is 1.49. The second kappa shape index (κ2) is 10.5. The maximum atomic E-state index is 15.0. The van der Waals surface area contributed by atoms with Crippen LogP contribution in [0.15, 0.2) is 65.5 Å². The summed E-state index contributed by atoms with van der Waals surface area (Å²) in [7, 11) is 1.55. The zero-order valence-electron chi connectivity index (χ0n) is 21.2. The summed E-state index contributed by atoms with van der Waals surface area (Å²) in [6, 6.07) is 16.5. The van der Waals surface area contributed by atoms with Crippen molar-refractivity contribution in [3.8, 4) is 22.6 Å². The van der Waals surface area contributed by atoms with E-state index in [1.54, 1.807) is 55.6 Å². The molecule has 0 spiro atoms. The van der Waals surface area contributed by atoms with Crippen LogP contribution in [0.1, 0.15) is 46.2 Å². The number of benzene rings is 3. The van der Waals surface area contributed by atoms with Gasteiger partial charge < -0.3 is 14.5 Å². The van der Waals surface area contributed by atoms with Gasteiger partial charge in [0.25, 0.3) is 11.8 Å². The summed E-state index contributed by atoms with van der Waals surface area (Å²) in [6.45, 7) is 2.55. The summed E-state index contributed by atoms with van der Waals surface area (Å²) >= 11 is 0. The van der Waals surface area contributed by atoms with Crippen molar-refractivity contribution in [2.45, 2.75) is 26.2 Å². The molecule has 2 amide bonds. The van der Waals surface area contributed by atoms with Gasteiger partial charge in [-0.3, -0.25) is 19.3 Å². The predicted octanol–water partition coefficient (Wildman–Crippen LogP) is 5.36. The second-order valence-corrected chi connectivity index (χ2v) is 9.09. The van der Waals surface area contributed by atoms with Crippen LogP contribution in [0.25, 0.3) is 22.0 Å². The number of pyridine rings is 1. The molecule has 0 bridgehead atoms. The van der Waals surface area contributed by atoms with Gasteiger partial charge in [0.15, 0.2) is 0 Å². The zero-order valence-corrected chi connectivity index (χ0v) is 21.2. The summed E-state index contributed by atoms with van der Waals surface area (Å²) in [4.78, 5) is 43.8. The summed E-state index contributed by atoms with van der Waals surface area (Å²) in [5.41, 5.74) is 2.11. The van der Waals surface area contributed by atoms with Gasteiger partial charge in [-0.2, -0.15) is 0 Å². The highest BCUT2D eigenvalue weighted by molar-refractivity contribution is 6.21. The molecule has 0 saturated carbocycles. The van der Waals surface area contributed by atoms with Crippen LogP contribution in [0.2, 0.25) is 0 Å². The van der Waals surface area contributed by atoms with E-state index >= 15 is 0 Å². The first-order valence-electron chi connectivity index (χ1n) is 12.5. The number of nitrogens with one attached hydrogen (secondary N) is 1. The molecule has 38 heavy (non-hydrogen) atoms. The average molecular weight is 515 g/mol. The van der Waals surface area contributed by atoms with E-state index in [-0.39, 0.29) is 29.3 Å². The van der Waals surface area contributed by atoms with E-state index in [9.17, 15) is 18.8 Å². The number of methoxy groups -OCH3 is 1. The number of aromatic amines is 1. The highest BCUT2D eigenvalue weighted by Crippen LogP contribution is 2.31. The van der Waals surface area contributed by atoms with Crippen LogP contribution < -0.4 is 14.9 Å². The lowest BCUT2D eigenvalue weighted by atomic mass is 9.97. The monoisotopic (exact) mass is 514 g/mol. The molecule has 8 heteroatoms. The van der Waals surface area contributed by atoms with Crippen molar-refractivity contribution in [3.05, 3.63) is 93.5 Å². The second-order valence-electron chi connectivity index (χ2n) is 9.09. The van der Waals surface area contributed by atoms with Crippen LogP contribution in [0.3, 0.4) is 0 Å². The Balaban J connectivity index is 1.54. The standard InChI is InChI=1S/C30H27FN2O5/c1-3-17-38-24-15-14-22(31)26-27(24)32-23(25(28(26)34)18-10-12-19(37-2)13-11-18)9-6-16-33-29(35)20-7-4-5-8-21(20)30(33)36/h4-5,7-8,10-15H,3,6,9,16-17H2,1-2H3,(H,32,34). The fourth-order valence-corrected chi connectivity index (χ4v) is 4.82. The molecule has 7 nitrogen and oxygen atoms in total. The van der Waals surface area contributed by atoms with E-state index in [2.05, 4.69) is 4.98 Å². The van der Waals surface area contributed by atoms with Crippen LogP contribution in [0.5, 0.6) is 11.5 Å². The highest BCUT2D eigenvalue weighted by Gasteiger charge is 2.34. The molecule has 0 fully saturated rings. The fourth-order valence-electron chi connectivity index (χ4n) is 4.82. The van der Waals surface area contributed by atoms with E-state index < -0.39 is 11.2 Å². The molecule has 0 aliphatic carbocycles. The summed E-state index contributed by atoms with van der Waals surface area (Å²) < 4.78 is 26.0. The van der Waals surface area contributed by atoms with E-state index in [0.717, 1.165) is 6.42 Å². The Morgan fingerprint density at radius 2 is 1.61 bits per heavy atom. The number of carbonyl (C=O) groups is 2. The van der Waals surface area contributed by atoms with Crippen LogP contribution in [0, 0.1) is 5.82 Å². The molecule has 1 aliphatic rings. The Morgan fingerprint density at radius 3 is 2.24 bits per heavy atom. The first-order valence-corrected chi connectivity index (χ1v) is 12.5. The zero-order chi connectivity index (χ0) is 26.8. The lowest BCUT2D eigenvalue weighted by Gasteiger charge is -2.17. The lowest BCUT2D eigenvalue weighted by molar-refractivity contribution is 0.0652. The number of aryl methyl sites for hydroxylation is 1. The largest absolute Gasteiger partial charge is 0.497 e. The van der Waals surface area contributed by atoms with Gasteiger partial charge in [-0.05, 0) is 61.2 Å². The molecular weight excluding hydrogens is 487 g/mol. The minimum Gasteiger partial charge on any atom is -0.497 e. The van der Waals surface area contributed by atoms with Crippen molar-refractivity contribution in [1.82, 2.24) is 9.88 Å². The molecule has 3 aromatic carbocycles. The third kappa shape index (κ3) is 4.42. The number of imide groups is 1. The molecule has 2 heterocycles. The van der Waals surface area contributed by atoms with E-state index in [1.165, 1.54) is 17.0 Å². The first-order chi connectivity index (χ1) is 18.4. The Kier molecular flexibility index (Phi) is 6.96. The molecule has 1 N–H and O–H groups in total. The molecule has 0 atom stereocenters. The molecule has 1 aromatic heterocycles. The van der Waals surface area contributed by atoms with E-state index in [4.69, 9.17) is 9.47 Å². The minimum atomic E-state index is -0.641. The number of aromatic nitrogens is 1. The van der Waals surface area contributed by atoms with Gasteiger partial charge in [-0.15, -0.1) is 0 Å². The fraction of sp³-hybridized carbons (Fsp3) is 0.233. The Labute approximate surface area is 218 Å². The summed E-state index contributed by atoms with van der Waals surface area (Å²) in [5, 5.41) is -0.0754. The average Bonchev–Trinajstić information content (AvgIpc) is 3.18. The van der Waals surface area contributed by atoms with Gasteiger partial charge in [0, 0.05) is 17.8 Å². The van der Waals surface area contributed by atoms with Crippen LogP contribution in [0.4, 0.5) is 4.39 Å². The van der Waals surface area contributed by atoms with Gasteiger partial charge in [0.1, 0.15) is 17.3 Å². The number of ether oxygens (including phenoxy) is 2.